The molecule has 0 saturated carbocycles. The number of sulfonamides is 1. The molecular weight excluding hydrogens is 422 g/mol. The van der Waals surface area contributed by atoms with E-state index in [0.29, 0.717) is 49.5 Å². The zero-order valence-corrected chi connectivity index (χ0v) is 20.3. The lowest BCUT2D eigenvalue weighted by Crippen LogP contribution is -2.50. The molecule has 7 heteroatoms. The van der Waals surface area contributed by atoms with Crippen LogP contribution in [0.15, 0.2) is 29.2 Å². The molecule has 0 atom stereocenters. The van der Waals surface area contributed by atoms with E-state index in [4.69, 9.17) is 5.26 Å². The quantitative estimate of drug-likeness (QED) is 0.693. The van der Waals surface area contributed by atoms with Crippen LogP contribution in [-0.4, -0.2) is 49.7 Å². The van der Waals surface area contributed by atoms with Crippen LogP contribution in [0.4, 0.5) is 0 Å². The molecule has 32 heavy (non-hydrogen) atoms. The van der Waals surface area contributed by atoms with Gasteiger partial charge in [-0.25, -0.2) is 8.42 Å². The Labute approximate surface area is 191 Å². The van der Waals surface area contributed by atoms with E-state index in [1.54, 1.807) is 17.0 Å². The molecule has 0 N–H and O–H groups in total. The van der Waals surface area contributed by atoms with Crippen molar-refractivity contribution in [2.24, 2.45) is 0 Å². The summed E-state index contributed by atoms with van der Waals surface area (Å²) in [5, 5.41) is 8.88. The van der Waals surface area contributed by atoms with Crippen molar-refractivity contribution in [2.45, 2.75) is 52.4 Å². The van der Waals surface area contributed by atoms with Crippen LogP contribution in [0.25, 0.3) is 0 Å². The summed E-state index contributed by atoms with van der Waals surface area (Å²) in [7, 11) is -3.63. The lowest BCUT2D eigenvalue weighted by Gasteiger charge is -2.35. The molecule has 0 spiro atoms. The Kier molecular flexibility index (Phi) is 7.06. The highest BCUT2D eigenvalue weighted by Crippen LogP contribution is 2.32. The highest BCUT2D eigenvalue weighted by Gasteiger charge is 2.33. The van der Waals surface area contributed by atoms with Crippen LogP contribution in [0.1, 0.15) is 45.4 Å². The predicted octanol–water partition coefficient (Wildman–Crippen LogP) is 3.57. The van der Waals surface area contributed by atoms with Gasteiger partial charge in [0.15, 0.2) is 0 Å². The second-order valence-electron chi connectivity index (χ2n) is 8.55. The number of rotatable bonds is 5. The molecule has 1 fully saturated rings. The maximum absolute atomic E-state index is 13.5. The highest BCUT2D eigenvalue weighted by atomic mass is 32.2. The standard InChI is InChI=1S/C25H31N3O3S/c1-17-18(2)20(4)25(21(5)19(17)3)32(30,31)28-14-12-27(13-15-28)24(29)11-10-22-6-8-23(16-26)9-7-22/h6-9H,10-15H2,1-5H3. The fourth-order valence-corrected chi connectivity index (χ4v) is 6.30. The topological polar surface area (TPSA) is 81.5 Å². The largest absolute Gasteiger partial charge is 0.340 e. The Morgan fingerprint density at radius 1 is 0.875 bits per heavy atom. The SMILES string of the molecule is Cc1c(C)c(C)c(S(=O)(=O)N2CCN(C(=O)CCc3ccc(C#N)cc3)CC2)c(C)c1C. The summed E-state index contributed by atoms with van der Waals surface area (Å²) < 4.78 is 28.5. The van der Waals surface area contributed by atoms with Gasteiger partial charge < -0.3 is 4.90 Å². The molecule has 0 radical (unpaired) electrons. The van der Waals surface area contributed by atoms with Gasteiger partial charge in [-0.05, 0) is 86.6 Å². The molecule has 2 aromatic carbocycles. The lowest BCUT2D eigenvalue weighted by molar-refractivity contribution is -0.132. The summed E-state index contributed by atoms with van der Waals surface area (Å²) in [5.41, 5.74) is 6.40. The summed E-state index contributed by atoms with van der Waals surface area (Å²) in [6, 6.07) is 9.32. The van der Waals surface area contributed by atoms with Crippen molar-refractivity contribution < 1.29 is 13.2 Å². The first-order chi connectivity index (χ1) is 15.1. The maximum atomic E-state index is 13.5. The van der Waals surface area contributed by atoms with Crippen molar-refractivity contribution in [2.75, 3.05) is 26.2 Å². The number of nitrogens with zero attached hydrogens (tertiary/aromatic N) is 3. The number of hydrogen-bond donors (Lipinski definition) is 0. The van der Waals surface area contributed by atoms with Gasteiger partial charge >= 0.3 is 0 Å². The molecule has 170 valence electrons. The second kappa shape index (κ2) is 9.43. The van der Waals surface area contributed by atoms with E-state index in [1.807, 2.05) is 46.8 Å². The molecule has 1 aliphatic heterocycles. The van der Waals surface area contributed by atoms with Gasteiger partial charge in [0.2, 0.25) is 15.9 Å². The van der Waals surface area contributed by atoms with Gasteiger partial charge in [-0.2, -0.15) is 9.57 Å². The van der Waals surface area contributed by atoms with Crippen LogP contribution in [-0.2, 0) is 21.2 Å². The fraction of sp³-hybridized carbons (Fsp3) is 0.440. The van der Waals surface area contributed by atoms with Gasteiger partial charge in [0.25, 0.3) is 0 Å². The van der Waals surface area contributed by atoms with E-state index < -0.39 is 10.0 Å². The second-order valence-corrected chi connectivity index (χ2v) is 10.4. The lowest BCUT2D eigenvalue weighted by atomic mass is 9.95. The molecule has 6 nitrogen and oxygen atoms in total. The fourth-order valence-electron chi connectivity index (χ4n) is 4.31. The number of carbonyl (C=O) groups excluding carboxylic acids is 1. The van der Waals surface area contributed by atoms with Gasteiger partial charge in [-0.15, -0.1) is 0 Å². The van der Waals surface area contributed by atoms with Gasteiger partial charge in [-0.3, -0.25) is 4.79 Å². The summed E-state index contributed by atoms with van der Waals surface area (Å²) in [4.78, 5) is 14.8. The van der Waals surface area contributed by atoms with Crippen LogP contribution < -0.4 is 0 Å². The zero-order valence-electron chi connectivity index (χ0n) is 19.5. The van der Waals surface area contributed by atoms with Gasteiger partial charge in [-0.1, -0.05) is 12.1 Å². The van der Waals surface area contributed by atoms with Gasteiger partial charge in [0.1, 0.15) is 0 Å². The predicted molar refractivity (Wildman–Crippen MR) is 125 cm³/mol. The molecule has 1 saturated heterocycles. The first-order valence-electron chi connectivity index (χ1n) is 10.9. The first kappa shape index (κ1) is 24.0. The van der Waals surface area contributed by atoms with E-state index in [-0.39, 0.29) is 5.91 Å². The number of amides is 1. The Bertz CT molecular complexity index is 1140. The van der Waals surface area contributed by atoms with Crippen molar-refractivity contribution >= 4 is 15.9 Å². The van der Waals surface area contributed by atoms with Crippen LogP contribution in [0.3, 0.4) is 0 Å². The molecule has 1 aliphatic rings. The normalized spacial score (nSPS) is 14.9. The molecule has 2 aromatic rings. The van der Waals surface area contributed by atoms with E-state index in [9.17, 15) is 13.2 Å². The molecule has 0 bridgehead atoms. The smallest absolute Gasteiger partial charge is 0.243 e. The molecular formula is C25H31N3O3S. The number of aryl methyl sites for hydroxylation is 1. The summed E-state index contributed by atoms with van der Waals surface area (Å²) >= 11 is 0. The third-order valence-corrected chi connectivity index (χ3v) is 9.00. The minimum Gasteiger partial charge on any atom is -0.340 e. The van der Waals surface area contributed by atoms with Crippen LogP contribution >= 0.6 is 0 Å². The monoisotopic (exact) mass is 453 g/mol. The van der Waals surface area contributed by atoms with Crippen LogP contribution in [0, 0.1) is 45.9 Å². The van der Waals surface area contributed by atoms with Crippen molar-refractivity contribution in [3.05, 3.63) is 63.2 Å². The van der Waals surface area contributed by atoms with Crippen molar-refractivity contribution in [3.63, 3.8) is 0 Å². The Balaban J connectivity index is 1.66. The summed E-state index contributed by atoms with van der Waals surface area (Å²) in [5.74, 6) is 0.0285. The maximum Gasteiger partial charge on any atom is 0.243 e. The zero-order chi connectivity index (χ0) is 23.6. The molecule has 0 unspecified atom stereocenters. The number of carbonyl (C=O) groups is 1. The summed E-state index contributed by atoms with van der Waals surface area (Å²) in [6.07, 6.45) is 0.969. The molecule has 1 heterocycles. The third-order valence-electron chi connectivity index (χ3n) is 6.83. The summed E-state index contributed by atoms with van der Waals surface area (Å²) in [6.45, 7) is 11.1. The number of nitriles is 1. The minimum atomic E-state index is -3.63. The Morgan fingerprint density at radius 2 is 1.38 bits per heavy atom. The van der Waals surface area contributed by atoms with Crippen molar-refractivity contribution in [3.8, 4) is 6.07 Å². The highest BCUT2D eigenvalue weighted by molar-refractivity contribution is 7.89. The average molecular weight is 454 g/mol. The van der Waals surface area contributed by atoms with E-state index in [1.165, 1.54) is 4.31 Å². The number of hydrogen-bond acceptors (Lipinski definition) is 4. The molecule has 3 rings (SSSR count). The number of benzene rings is 2. The third kappa shape index (κ3) is 4.57. The minimum absolute atomic E-state index is 0.0285. The average Bonchev–Trinajstić information content (AvgIpc) is 2.80. The Hall–Kier alpha value is -2.69. The first-order valence-corrected chi connectivity index (χ1v) is 12.4. The Morgan fingerprint density at radius 3 is 1.88 bits per heavy atom. The van der Waals surface area contributed by atoms with Crippen molar-refractivity contribution in [1.82, 2.24) is 9.21 Å². The van der Waals surface area contributed by atoms with E-state index in [0.717, 1.165) is 33.4 Å². The number of piperazine rings is 1. The molecule has 0 aliphatic carbocycles. The van der Waals surface area contributed by atoms with Gasteiger partial charge in [0.05, 0.1) is 16.5 Å². The van der Waals surface area contributed by atoms with Crippen LogP contribution in [0.2, 0.25) is 0 Å². The van der Waals surface area contributed by atoms with Crippen molar-refractivity contribution in [1.29, 1.82) is 5.26 Å². The van der Waals surface area contributed by atoms with Crippen LogP contribution in [0.5, 0.6) is 0 Å². The van der Waals surface area contributed by atoms with Gasteiger partial charge in [0, 0.05) is 32.6 Å². The van der Waals surface area contributed by atoms with E-state index >= 15 is 0 Å². The molecule has 1 amide bonds. The van der Waals surface area contributed by atoms with E-state index in [2.05, 4.69) is 6.07 Å². The molecule has 0 aromatic heterocycles.